The fourth-order valence-electron chi connectivity index (χ4n) is 1.46. The number of hydrogen-bond donors (Lipinski definition) is 0. The molecule has 0 spiro atoms. The van der Waals surface area contributed by atoms with E-state index < -0.39 is 0 Å². The Hall–Kier alpha value is -1.41. The first-order valence-corrected chi connectivity index (χ1v) is 5.40. The van der Waals surface area contributed by atoms with Crippen LogP contribution in [0.5, 0.6) is 0 Å². The lowest BCUT2D eigenvalue weighted by molar-refractivity contribution is 0.112. The molecule has 0 radical (unpaired) electrons. The van der Waals surface area contributed by atoms with E-state index >= 15 is 0 Å². The minimum atomic E-state index is 0.701. The van der Waals surface area contributed by atoms with E-state index in [0.29, 0.717) is 5.56 Å². The molecule has 0 heterocycles. The molecule has 0 fully saturated rings. The predicted molar refractivity (Wildman–Crippen MR) is 65.0 cm³/mol. The van der Waals surface area contributed by atoms with Crippen molar-refractivity contribution in [2.75, 3.05) is 0 Å². The summed E-state index contributed by atoms with van der Waals surface area (Å²) < 4.78 is 1.04. The Morgan fingerprint density at radius 3 is 2.27 bits per heavy atom. The molecule has 15 heavy (non-hydrogen) atoms. The van der Waals surface area contributed by atoms with E-state index in [1.54, 1.807) is 6.07 Å². The summed E-state index contributed by atoms with van der Waals surface area (Å²) in [5, 5.41) is 0. The molecule has 0 aliphatic carbocycles. The molecule has 2 aromatic carbocycles. The highest BCUT2D eigenvalue weighted by atomic mass is 79.9. The standard InChI is InChI=1S/C13H9BrO/c14-13-6-2-5-12(8-13)11-4-1-3-10(7-11)9-15/h1-9H. The van der Waals surface area contributed by atoms with Gasteiger partial charge in [0.15, 0.2) is 0 Å². The molecule has 74 valence electrons. The van der Waals surface area contributed by atoms with E-state index in [9.17, 15) is 4.79 Å². The first-order chi connectivity index (χ1) is 7.29. The maximum absolute atomic E-state index is 10.6. The van der Waals surface area contributed by atoms with Gasteiger partial charge in [0.2, 0.25) is 0 Å². The van der Waals surface area contributed by atoms with Crippen molar-refractivity contribution in [2.45, 2.75) is 0 Å². The van der Waals surface area contributed by atoms with Gasteiger partial charge in [-0.2, -0.15) is 0 Å². The van der Waals surface area contributed by atoms with E-state index in [1.165, 1.54) is 0 Å². The zero-order valence-corrected chi connectivity index (χ0v) is 9.57. The third-order valence-electron chi connectivity index (χ3n) is 2.18. The summed E-state index contributed by atoms with van der Waals surface area (Å²) in [5.74, 6) is 0. The fourth-order valence-corrected chi connectivity index (χ4v) is 1.86. The Balaban J connectivity index is 2.49. The average Bonchev–Trinajstić information content (AvgIpc) is 2.29. The maximum atomic E-state index is 10.6. The quantitative estimate of drug-likeness (QED) is 0.748. The van der Waals surface area contributed by atoms with Crippen LogP contribution in [0, 0.1) is 0 Å². The Labute approximate surface area is 96.9 Å². The van der Waals surface area contributed by atoms with Crippen molar-refractivity contribution in [3.63, 3.8) is 0 Å². The zero-order chi connectivity index (χ0) is 10.7. The van der Waals surface area contributed by atoms with Gasteiger partial charge >= 0.3 is 0 Å². The van der Waals surface area contributed by atoms with Crippen LogP contribution in [0.25, 0.3) is 11.1 Å². The van der Waals surface area contributed by atoms with Crippen molar-refractivity contribution in [2.24, 2.45) is 0 Å². The SMILES string of the molecule is O=Cc1cccc(-c2cccc(Br)c2)c1. The molecule has 0 bridgehead atoms. The fraction of sp³-hybridized carbons (Fsp3) is 0. The highest BCUT2D eigenvalue weighted by molar-refractivity contribution is 9.10. The Morgan fingerprint density at radius 2 is 1.60 bits per heavy atom. The van der Waals surface area contributed by atoms with Gasteiger partial charge in [0.05, 0.1) is 0 Å². The van der Waals surface area contributed by atoms with Crippen LogP contribution in [0.4, 0.5) is 0 Å². The largest absolute Gasteiger partial charge is 0.298 e. The van der Waals surface area contributed by atoms with Crippen LogP contribution in [-0.4, -0.2) is 6.29 Å². The Morgan fingerprint density at radius 1 is 0.933 bits per heavy atom. The minimum Gasteiger partial charge on any atom is -0.298 e. The number of carbonyl (C=O) groups excluding carboxylic acids is 1. The van der Waals surface area contributed by atoms with Crippen LogP contribution in [0.2, 0.25) is 0 Å². The zero-order valence-electron chi connectivity index (χ0n) is 7.98. The van der Waals surface area contributed by atoms with E-state index in [-0.39, 0.29) is 0 Å². The summed E-state index contributed by atoms with van der Waals surface area (Å²) in [6.45, 7) is 0. The topological polar surface area (TPSA) is 17.1 Å². The van der Waals surface area contributed by atoms with Crippen molar-refractivity contribution >= 4 is 22.2 Å². The molecule has 0 aromatic heterocycles. The van der Waals surface area contributed by atoms with Gasteiger partial charge in [0.25, 0.3) is 0 Å². The number of rotatable bonds is 2. The molecule has 0 N–H and O–H groups in total. The monoisotopic (exact) mass is 260 g/mol. The number of halogens is 1. The lowest BCUT2D eigenvalue weighted by Crippen LogP contribution is -1.82. The molecule has 0 atom stereocenters. The summed E-state index contributed by atoms with van der Waals surface area (Å²) in [4.78, 5) is 10.6. The van der Waals surface area contributed by atoms with Gasteiger partial charge in [-0.1, -0.05) is 46.3 Å². The van der Waals surface area contributed by atoms with E-state index in [0.717, 1.165) is 21.9 Å². The van der Waals surface area contributed by atoms with Crippen molar-refractivity contribution in [3.8, 4) is 11.1 Å². The number of benzene rings is 2. The smallest absolute Gasteiger partial charge is 0.150 e. The van der Waals surface area contributed by atoms with Crippen LogP contribution >= 0.6 is 15.9 Å². The predicted octanol–water partition coefficient (Wildman–Crippen LogP) is 3.93. The molecule has 2 rings (SSSR count). The molecule has 0 saturated heterocycles. The van der Waals surface area contributed by atoms with Crippen LogP contribution in [-0.2, 0) is 0 Å². The van der Waals surface area contributed by atoms with Crippen molar-refractivity contribution in [1.82, 2.24) is 0 Å². The second-order valence-electron chi connectivity index (χ2n) is 3.25. The Kier molecular flexibility index (Phi) is 2.97. The molecule has 0 amide bonds. The van der Waals surface area contributed by atoms with Crippen molar-refractivity contribution in [3.05, 3.63) is 58.6 Å². The number of carbonyl (C=O) groups is 1. The third-order valence-corrected chi connectivity index (χ3v) is 2.67. The molecular formula is C13H9BrO. The van der Waals surface area contributed by atoms with E-state index in [4.69, 9.17) is 0 Å². The van der Waals surface area contributed by atoms with Crippen LogP contribution < -0.4 is 0 Å². The van der Waals surface area contributed by atoms with Crippen LogP contribution in [0.3, 0.4) is 0 Å². The van der Waals surface area contributed by atoms with Gasteiger partial charge in [-0.05, 0) is 29.3 Å². The van der Waals surface area contributed by atoms with Gasteiger partial charge in [-0.15, -0.1) is 0 Å². The molecule has 1 nitrogen and oxygen atoms in total. The first-order valence-electron chi connectivity index (χ1n) is 4.61. The van der Waals surface area contributed by atoms with Crippen molar-refractivity contribution in [1.29, 1.82) is 0 Å². The van der Waals surface area contributed by atoms with Gasteiger partial charge in [0, 0.05) is 10.0 Å². The van der Waals surface area contributed by atoms with Gasteiger partial charge in [-0.3, -0.25) is 4.79 Å². The average molecular weight is 261 g/mol. The van der Waals surface area contributed by atoms with E-state index in [1.807, 2.05) is 42.5 Å². The molecule has 0 saturated carbocycles. The summed E-state index contributed by atoms with van der Waals surface area (Å²) >= 11 is 3.43. The highest BCUT2D eigenvalue weighted by Crippen LogP contribution is 2.23. The molecule has 2 aromatic rings. The molecule has 0 aliphatic heterocycles. The number of hydrogen-bond acceptors (Lipinski definition) is 1. The van der Waals surface area contributed by atoms with Gasteiger partial charge < -0.3 is 0 Å². The van der Waals surface area contributed by atoms with Crippen LogP contribution in [0.1, 0.15) is 10.4 Å². The lowest BCUT2D eigenvalue weighted by atomic mass is 10.0. The maximum Gasteiger partial charge on any atom is 0.150 e. The number of aldehydes is 1. The molecular weight excluding hydrogens is 252 g/mol. The van der Waals surface area contributed by atoms with Crippen molar-refractivity contribution < 1.29 is 4.79 Å². The third kappa shape index (κ3) is 2.34. The van der Waals surface area contributed by atoms with Gasteiger partial charge in [-0.25, -0.2) is 0 Å². The summed E-state index contributed by atoms with van der Waals surface area (Å²) in [7, 11) is 0. The van der Waals surface area contributed by atoms with Gasteiger partial charge in [0.1, 0.15) is 6.29 Å². The summed E-state index contributed by atoms with van der Waals surface area (Å²) in [6.07, 6.45) is 0.863. The molecule has 2 heteroatoms. The summed E-state index contributed by atoms with van der Waals surface area (Å²) in [5.41, 5.74) is 2.86. The second-order valence-corrected chi connectivity index (χ2v) is 4.17. The Bertz CT molecular complexity index is 491. The summed E-state index contributed by atoms with van der Waals surface area (Å²) in [6, 6.07) is 15.6. The van der Waals surface area contributed by atoms with Crippen LogP contribution in [0.15, 0.2) is 53.0 Å². The second kappa shape index (κ2) is 4.41. The molecule has 0 aliphatic rings. The normalized spacial score (nSPS) is 9.93. The highest BCUT2D eigenvalue weighted by Gasteiger charge is 1.98. The molecule has 0 unspecified atom stereocenters. The minimum absolute atomic E-state index is 0.701. The van der Waals surface area contributed by atoms with E-state index in [2.05, 4.69) is 15.9 Å². The first kappa shape index (κ1) is 10.1. The lowest BCUT2D eigenvalue weighted by Gasteiger charge is -2.02.